The summed E-state index contributed by atoms with van der Waals surface area (Å²) in [4.78, 5) is 14.7. The molecular weight excluding hydrogens is 362 g/mol. The smallest absolute Gasteiger partial charge is 0.240 e. The first kappa shape index (κ1) is 19.4. The third kappa shape index (κ3) is 4.48. The van der Waals surface area contributed by atoms with Crippen LogP contribution in [0.4, 0.5) is 5.69 Å². The summed E-state index contributed by atoms with van der Waals surface area (Å²) in [5.41, 5.74) is 2.87. The fourth-order valence-electron chi connectivity index (χ4n) is 3.48. The van der Waals surface area contributed by atoms with E-state index < -0.39 is 10.0 Å². The van der Waals surface area contributed by atoms with Gasteiger partial charge in [0.05, 0.1) is 17.5 Å². The van der Waals surface area contributed by atoms with E-state index in [-0.39, 0.29) is 29.3 Å². The lowest BCUT2D eigenvalue weighted by Gasteiger charge is -2.25. The Balaban J connectivity index is 1.71. The van der Waals surface area contributed by atoms with Gasteiger partial charge in [-0.3, -0.25) is 4.79 Å². The molecule has 2 aromatic carbocycles. The largest absolute Gasteiger partial charge is 0.362 e. The van der Waals surface area contributed by atoms with E-state index in [2.05, 4.69) is 19.2 Å². The third-order valence-corrected chi connectivity index (χ3v) is 5.76. The topological polar surface area (TPSA) is 92.5 Å². The van der Waals surface area contributed by atoms with Crippen molar-refractivity contribution < 1.29 is 13.2 Å². The number of anilines is 1. The molecule has 144 valence electrons. The predicted molar refractivity (Wildman–Crippen MR) is 106 cm³/mol. The predicted octanol–water partition coefficient (Wildman–Crippen LogP) is 2.21. The van der Waals surface area contributed by atoms with Gasteiger partial charge in [-0.15, -0.1) is 0 Å². The number of hydrogen-bond acceptors (Lipinski definition) is 4. The first-order valence-corrected chi connectivity index (χ1v) is 10.6. The molecule has 0 bridgehead atoms. The number of nitrogens with two attached hydrogens (primary N) is 1. The highest BCUT2D eigenvalue weighted by molar-refractivity contribution is 7.89. The molecule has 0 aliphatic carbocycles. The molecule has 3 rings (SSSR count). The van der Waals surface area contributed by atoms with Crippen LogP contribution in [0.25, 0.3) is 0 Å². The highest BCUT2D eigenvalue weighted by Gasteiger charge is 2.25. The van der Waals surface area contributed by atoms with E-state index in [9.17, 15) is 13.2 Å². The molecule has 1 aliphatic rings. The number of carbonyl (C=O) groups is 1. The van der Waals surface area contributed by atoms with Crippen molar-refractivity contribution in [3.8, 4) is 0 Å². The van der Waals surface area contributed by atoms with Crippen LogP contribution in [0, 0.1) is 5.92 Å². The van der Waals surface area contributed by atoms with Crippen molar-refractivity contribution in [1.82, 2.24) is 5.32 Å². The Morgan fingerprint density at radius 1 is 1.19 bits per heavy atom. The number of nitrogens with one attached hydrogen (secondary N) is 1. The van der Waals surface area contributed by atoms with E-state index in [0.29, 0.717) is 13.0 Å². The molecule has 1 aliphatic heterocycles. The standard InChI is InChI=1S/C20H25N3O3S/c1-14(2)20(15-6-4-3-5-7-15)22-19(24)13-23-11-10-16-12-17(27(21,25)26)8-9-18(16)23/h3-9,12,14,20H,10-11,13H2,1-2H3,(H,22,24)(H2,21,25,26). The summed E-state index contributed by atoms with van der Waals surface area (Å²) >= 11 is 0. The zero-order chi connectivity index (χ0) is 19.6. The van der Waals surface area contributed by atoms with E-state index in [0.717, 1.165) is 16.8 Å². The Hall–Kier alpha value is -2.38. The van der Waals surface area contributed by atoms with E-state index in [1.54, 1.807) is 12.1 Å². The summed E-state index contributed by atoms with van der Waals surface area (Å²) in [5.74, 6) is 0.209. The number of primary sulfonamides is 1. The molecule has 1 heterocycles. The Morgan fingerprint density at radius 3 is 2.52 bits per heavy atom. The summed E-state index contributed by atoms with van der Waals surface area (Å²) in [6, 6.07) is 14.7. The second kappa shape index (κ2) is 7.70. The Labute approximate surface area is 160 Å². The molecule has 1 unspecified atom stereocenters. The first-order chi connectivity index (χ1) is 12.8. The zero-order valence-corrected chi connectivity index (χ0v) is 16.4. The van der Waals surface area contributed by atoms with E-state index in [1.165, 1.54) is 6.07 Å². The number of hydrogen-bond donors (Lipinski definition) is 2. The molecule has 1 amide bonds. The average molecular weight is 388 g/mol. The van der Waals surface area contributed by atoms with Gasteiger partial charge in [0.1, 0.15) is 0 Å². The molecule has 0 fully saturated rings. The maximum absolute atomic E-state index is 12.7. The van der Waals surface area contributed by atoms with Gasteiger partial charge in [-0.2, -0.15) is 0 Å². The molecule has 0 spiro atoms. The van der Waals surface area contributed by atoms with Crippen LogP contribution in [0.15, 0.2) is 53.4 Å². The lowest BCUT2D eigenvalue weighted by Crippen LogP contribution is -2.39. The summed E-state index contributed by atoms with van der Waals surface area (Å²) in [6.07, 6.45) is 0.693. The molecule has 1 atom stereocenters. The molecule has 7 heteroatoms. The number of sulfonamides is 1. The monoisotopic (exact) mass is 387 g/mol. The van der Waals surface area contributed by atoms with E-state index in [1.807, 2.05) is 35.2 Å². The molecule has 27 heavy (non-hydrogen) atoms. The van der Waals surface area contributed by atoms with Crippen molar-refractivity contribution in [3.05, 3.63) is 59.7 Å². The molecule has 3 N–H and O–H groups in total. The Kier molecular flexibility index (Phi) is 5.53. The van der Waals surface area contributed by atoms with Gasteiger partial charge in [-0.05, 0) is 41.7 Å². The van der Waals surface area contributed by atoms with Gasteiger partial charge in [0.25, 0.3) is 0 Å². The number of nitrogens with zero attached hydrogens (tertiary/aromatic N) is 1. The van der Waals surface area contributed by atoms with Crippen LogP contribution >= 0.6 is 0 Å². The van der Waals surface area contributed by atoms with Gasteiger partial charge in [0, 0.05) is 12.2 Å². The first-order valence-electron chi connectivity index (χ1n) is 9.00. The molecule has 0 aromatic heterocycles. The number of benzene rings is 2. The van der Waals surface area contributed by atoms with Crippen molar-refractivity contribution in [1.29, 1.82) is 0 Å². The van der Waals surface area contributed by atoms with Crippen molar-refractivity contribution >= 4 is 21.6 Å². The van der Waals surface area contributed by atoms with Crippen molar-refractivity contribution in [2.24, 2.45) is 11.1 Å². The van der Waals surface area contributed by atoms with E-state index in [4.69, 9.17) is 5.14 Å². The zero-order valence-electron chi connectivity index (χ0n) is 15.6. The minimum absolute atomic E-state index is 0.0504. The van der Waals surface area contributed by atoms with Crippen LogP contribution in [0.2, 0.25) is 0 Å². The van der Waals surface area contributed by atoms with Crippen molar-refractivity contribution in [2.45, 2.75) is 31.2 Å². The summed E-state index contributed by atoms with van der Waals surface area (Å²) < 4.78 is 23.0. The van der Waals surface area contributed by atoms with Crippen LogP contribution in [0.5, 0.6) is 0 Å². The van der Waals surface area contributed by atoms with Crippen molar-refractivity contribution in [3.63, 3.8) is 0 Å². The van der Waals surface area contributed by atoms with Crippen LogP contribution in [-0.4, -0.2) is 27.4 Å². The maximum Gasteiger partial charge on any atom is 0.240 e. The Bertz CT molecular complexity index is 927. The summed E-state index contributed by atoms with van der Waals surface area (Å²) in [5, 5.41) is 8.33. The summed E-state index contributed by atoms with van der Waals surface area (Å²) in [7, 11) is -3.72. The number of carbonyl (C=O) groups excluding carboxylic acids is 1. The number of fused-ring (bicyclic) bond motifs is 1. The molecular formula is C20H25N3O3S. The van der Waals surface area contributed by atoms with Gasteiger partial charge >= 0.3 is 0 Å². The SMILES string of the molecule is CC(C)C(NC(=O)CN1CCc2cc(S(N)(=O)=O)ccc21)c1ccccc1. The fourth-order valence-corrected chi connectivity index (χ4v) is 4.04. The van der Waals surface area contributed by atoms with Crippen LogP contribution in [0.3, 0.4) is 0 Å². The number of rotatable bonds is 6. The lowest BCUT2D eigenvalue weighted by atomic mass is 9.96. The second-order valence-electron chi connectivity index (χ2n) is 7.21. The van der Waals surface area contributed by atoms with Crippen LogP contribution < -0.4 is 15.4 Å². The quantitative estimate of drug-likeness (QED) is 0.795. The molecule has 0 radical (unpaired) electrons. The normalized spacial score (nSPS) is 14.9. The van der Waals surface area contributed by atoms with Crippen LogP contribution in [-0.2, 0) is 21.2 Å². The molecule has 0 saturated carbocycles. The minimum Gasteiger partial charge on any atom is -0.362 e. The fraction of sp³-hybridized carbons (Fsp3) is 0.350. The van der Waals surface area contributed by atoms with Gasteiger partial charge in [0.15, 0.2) is 0 Å². The van der Waals surface area contributed by atoms with E-state index >= 15 is 0 Å². The third-order valence-electron chi connectivity index (χ3n) is 4.85. The van der Waals surface area contributed by atoms with Gasteiger partial charge < -0.3 is 10.2 Å². The Morgan fingerprint density at radius 2 is 1.89 bits per heavy atom. The molecule has 0 saturated heterocycles. The highest BCUT2D eigenvalue weighted by Crippen LogP contribution is 2.30. The second-order valence-corrected chi connectivity index (χ2v) is 8.77. The average Bonchev–Trinajstić information content (AvgIpc) is 3.01. The van der Waals surface area contributed by atoms with Crippen LogP contribution in [0.1, 0.15) is 31.0 Å². The highest BCUT2D eigenvalue weighted by atomic mass is 32.2. The minimum atomic E-state index is -3.72. The number of amides is 1. The summed E-state index contributed by atoms with van der Waals surface area (Å²) in [6.45, 7) is 5.07. The maximum atomic E-state index is 12.7. The van der Waals surface area contributed by atoms with Gasteiger partial charge in [0.2, 0.25) is 15.9 Å². The lowest BCUT2D eigenvalue weighted by molar-refractivity contribution is -0.120. The van der Waals surface area contributed by atoms with Crippen molar-refractivity contribution in [2.75, 3.05) is 18.0 Å². The van der Waals surface area contributed by atoms with Gasteiger partial charge in [-0.25, -0.2) is 13.6 Å². The van der Waals surface area contributed by atoms with Gasteiger partial charge in [-0.1, -0.05) is 44.2 Å². The molecule has 2 aromatic rings. The molecule has 6 nitrogen and oxygen atoms in total.